The number of hydrogen-bond donors (Lipinski definition) is 1. The van der Waals surface area contributed by atoms with Crippen molar-refractivity contribution in [3.8, 4) is 0 Å². The molecule has 1 fully saturated rings. The maximum atomic E-state index is 11.0. The van der Waals surface area contributed by atoms with Crippen LogP contribution in [0.25, 0.3) is 0 Å². The van der Waals surface area contributed by atoms with Crippen LogP contribution in [0.5, 0.6) is 0 Å². The van der Waals surface area contributed by atoms with E-state index in [1.165, 1.54) is 0 Å². The van der Waals surface area contributed by atoms with Gasteiger partial charge >= 0.3 is 5.97 Å². The number of rotatable bonds is 2. The van der Waals surface area contributed by atoms with Crippen molar-refractivity contribution in [1.29, 1.82) is 0 Å². The summed E-state index contributed by atoms with van der Waals surface area (Å²) in [6.07, 6.45) is 0. The van der Waals surface area contributed by atoms with Gasteiger partial charge in [0.1, 0.15) is 0 Å². The van der Waals surface area contributed by atoms with Crippen molar-refractivity contribution in [2.24, 2.45) is 11.3 Å². The first-order valence-corrected chi connectivity index (χ1v) is 4.83. The van der Waals surface area contributed by atoms with E-state index in [1.54, 1.807) is 0 Å². The van der Waals surface area contributed by atoms with Gasteiger partial charge in [-0.1, -0.05) is 44.2 Å². The van der Waals surface area contributed by atoms with Crippen LogP contribution in [0.4, 0.5) is 0 Å². The van der Waals surface area contributed by atoms with Gasteiger partial charge in [0.05, 0.1) is 5.92 Å². The molecule has 0 heterocycles. The number of aliphatic carboxylic acids is 1. The summed E-state index contributed by atoms with van der Waals surface area (Å²) in [5, 5.41) is 9.02. The smallest absolute Gasteiger partial charge is 0.307 e. The molecule has 1 saturated carbocycles. The minimum Gasteiger partial charge on any atom is -0.481 e. The van der Waals surface area contributed by atoms with Gasteiger partial charge in [0.25, 0.3) is 0 Å². The van der Waals surface area contributed by atoms with Crippen molar-refractivity contribution < 1.29 is 9.90 Å². The fraction of sp³-hybridized carbons (Fsp3) is 0.417. The zero-order valence-corrected chi connectivity index (χ0v) is 8.40. The second-order valence-electron chi connectivity index (χ2n) is 4.53. The Morgan fingerprint density at radius 3 is 2.29 bits per heavy atom. The molecule has 0 aromatic heterocycles. The normalized spacial score (nSPS) is 28.4. The summed E-state index contributed by atoms with van der Waals surface area (Å²) in [6, 6.07) is 9.89. The largest absolute Gasteiger partial charge is 0.481 e. The molecule has 1 aliphatic rings. The van der Waals surface area contributed by atoms with Crippen molar-refractivity contribution in [3.63, 3.8) is 0 Å². The molecule has 2 rings (SSSR count). The highest BCUT2D eigenvalue weighted by molar-refractivity contribution is 5.77. The van der Waals surface area contributed by atoms with Gasteiger partial charge in [-0.05, 0) is 11.0 Å². The summed E-state index contributed by atoms with van der Waals surface area (Å²) in [5.74, 6) is -0.713. The molecule has 0 radical (unpaired) electrons. The van der Waals surface area contributed by atoms with E-state index < -0.39 is 5.97 Å². The van der Waals surface area contributed by atoms with E-state index in [4.69, 9.17) is 5.11 Å². The quantitative estimate of drug-likeness (QED) is 0.778. The fourth-order valence-electron chi connectivity index (χ4n) is 2.38. The first kappa shape index (κ1) is 9.25. The third kappa shape index (κ3) is 1.22. The van der Waals surface area contributed by atoms with Gasteiger partial charge in [0.15, 0.2) is 0 Å². The Hall–Kier alpha value is -1.31. The Balaban J connectivity index is 2.28. The first-order valence-electron chi connectivity index (χ1n) is 4.83. The molecular formula is C12H14O2. The molecule has 0 aliphatic heterocycles. The molecule has 74 valence electrons. The van der Waals surface area contributed by atoms with Crippen LogP contribution >= 0.6 is 0 Å². The molecule has 0 spiro atoms. The Morgan fingerprint density at radius 2 is 1.86 bits per heavy atom. The number of carboxylic acid groups (broad SMARTS) is 1. The zero-order chi connectivity index (χ0) is 10.3. The molecule has 1 aliphatic carbocycles. The molecular weight excluding hydrogens is 176 g/mol. The maximum absolute atomic E-state index is 11.0. The first-order chi connectivity index (χ1) is 6.55. The van der Waals surface area contributed by atoms with Crippen molar-refractivity contribution in [3.05, 3.63) is 35.9 Å². The SMILES string of the molecule is CC1(C)[C@H](C(=O)O)[C@H]1c1ccccc1. The molecule has 0 unspecified atom stereocenters. The summed E-state index contributed by atoms with van der Waals surface area (Å²) in [5.41, 5.74) is 1.05. The minimum absolute atomic E-state index is 0.0901. The highest BCUT2D eigenvalue weighted by Crippen LogP contribution is 2.64. The van der Waals surface area contributed by atoms with Gasteiger partial charge in [-0.3, -0.25) is 4.79 Å². The Morgan fingerprint density at radius 1 is 1.29 bits per heavy atom. The lowest BCUT2D eigenvalue weighted by molar-refractivity contribution is -0.139. The highest BCUT2D eigenvalue weighted by atomic mass is 16.4. The monoisotopic (exact) mass is 190 g/mol. The van der Waals surface area contributed by atoms with Crippen molar-refractivity contribution in [2.45, 2.75) is 19.8 Å². The number of benzene rings is 1. The summed E-state index contributed by atoms with van der Waals surface area (Å²) in [6.45, 7) is 4.03. The van der Waals surface area contributed by atoms with Gasteiger partial charge in [-0.25, -0.2) is 0 Å². The second kappa shape index (κ2) is 2.84. The predicted octanol–water partition coefficient (Wildman–Crippen LogP) is 2.51. The summed E-state index contributed by atoms with van der Waals surface area (Å²) >= 11 is 0. The van der Waals surface area contributed by atoms with Gasteiger partial charge < -0.3 is 5.11 Å². The molecule has 2 atom stereocenters. The molecule has 1 aromatic rings. The van der Waals surface area contributed by atoms with Crippen LogP contribution in [-0.4, -0.2) is 11.1 Å². The molecule has 1 N–H and O–H groups in total. The van der Waals surface area contributed by atoms with Crippen LogP contribution in [0, 0.1) is 11.3 Å². The Bertz CT molecular complexity index is 354. The summed E-state index contributed by atoms with van der Waals surface area (Å²) in [7, 11) is 0. The number of hydrogen-bond acceptors (Lipinski definition) is 1. The molecule has 0 saturated heterocycles. The predicted molar refractivity (Wildman–Crippen MR) is 54.1 cm³/mol. The molecule has 2 nitrogen and oxygen atoms in total. The molecule has 2 heteroatoms. The minimum atomic E-state index is -0.677. The van der Waals surface area contributed by atoms with Crippen LogP contribution in [0.15, 0.2) is 30.3 Å². The lowest BCUT2D eigenvalue weighted by Crippen LogP contribution is -2.03. The molecule has 0 amide bonds. The van der Waals surface area contributed by atoms with E-state index in [9.17, 15) is 4.79 Å². The van der Waals surface area contributed by atoms with Crippen molar-refractivity contribution in [2.75, 3.05) is 0 Å². The number of carbonyl (C=O) groups is 1. The van der Waals surface area contributed by atoms with E-state index in [1.807, 2.05) is 44.2 Å². The second-order valence-corrected chi connectivity index (χ2v) is 4.53. The van der Waals surface area contributed by atoms with Crippen LogP contribution < -0.4 is 0 Å². The van der Waals surface area contributed by atoms with Crippen molar-refractivity contribution >= 4 is 5.97 Å². The standard InChI is InChI=1S/C12H14O2/c1-12(2)9(10(12)11(13)14)8-6-4-3-5-7-8/h3-7,9-10H,1-2H3,(H,13,14)/t9-,10+/m1/s1. The van der Waals surface area contributed by atoms with E-state index in [-0.39, 0.29) is 17.3 Å². The average molecular weight is 190 g/mol. The van der Waals surface area contributed by atoms with Crippen LogP contribution in [0.2, 0.25) is 0 Å². The van der Waals surface area contributed by atoms with Gasteiger partial charge in [-0.2, -0.15) is 0 Å². The van der Waals surface area contributed by atoms with Gasteiger partial charge in [0.2, 0.25) is 0 Å². The average Bonchev–Trinajstić information content (AvgIpc) is 2.71. The van der Waals surface area contributed by atoms with Crippen LogP contribution in [0.1, 0.15) is 25.3 Å². The molecule has 14 heavy (non-hydrogen) atoms. The maximum Gasteiger partial charge on any atom is 0.307 e. The van der Waals surface area contributed by atoms with Crippen LogP contribution in [-0.2, 0) is 4.79 Å². The summed E-state index contributed by atoms with van der Waals surface area (Å²) < 4.78 is 0. The third-order valence-corrected chi connectivity index (χ3v) is 3.25. The Labute approximate surface area is 83.6 Å². The van der Waals surface area contributed by atoms with Crippen LogP contribution in [0.3, 0.4) is 0 Å². The third-order valence-electron chi connectivity index (χ3n) is 3.25. The molecule has 0 bridgehead atoms. The Kier molecular flexibility index (Phi) is 1.88. The lowest BCUT2D eigenvalue weighted by Gasteiger charge is -2.01. The fourth-order valence-corrected chi connectivity index (χ4v) is 2.38. The van der Waals surface area contributed by atoms with Gasteiger partial charge in [-0.15, -0.1) is 0 Å². The molecule has 1 aromatic carbocycles. The van der Waals surface area contributed by atoms with Gasteiger partial charge in [0, 0.05) is 5.92 Å². The summed E-state index contributed by atoms with van der Waals surface area (Å²) in [4.78, 5) is 11.0. The van der Waals surface area contributed by atoms with E-state index >= 15 is 0 Å². The van der Waals surface area contributed by atoms with E-state index in [0.717, 1.165) is 5.56 Å². The van der Waals surface area contributed by atoms with E-state index in [0.29, 0.717) is 0 Å². The van der Waals surface area contributed by atoms with E-state index in [2.05, 4.69) is 0 Å². The highest BCUT2D eigenvalue weighted by Gasteiger charge is 2.62. The zero-order valence-electron chi connectivity index (χ0n) is 8.40. The lowest BCUT2D eigenvalue weighted by atomic mass is 10.0. The van der Waals surface area contributed by atoms with Crippen molar-refractivity contribution in [1.82, 2.24) is 0 Å². The topological polar surface area (TPSA) is 37.3 Å². The number of carboxylic acids is 1.